The minimum atomic E-state index is -3.69. The van der Waals surface area contributed by atoms with Crippen LogP contribution in [0, 0.1) is 11.7 Å². The number of amides is 1. The van der Waals surface area contributed by atoms with Gasteiger partial charge in [-0.05, 0) is 43.0 Å². The summed E-state index contributed by atoms with van der Waals surface area (Å²) < 4.78 is 54.2. The summed E-state index contributed by atoms with van der Waals surface area (Å²) >= 11 is 0. The van der Waals surface area contributed by atoms with Crippen LogP contribution < -0.4 is 24.4 Å². The lowest BCUT2D eigenvalue weighted by atomic mass is 9.58. The molecule has 3 heterocycles. The maximum Gasteiger partial charge on any atom is 0.238 e. The van der Waals surface area contributed by atoms with Crippen LogP contribution in [0.2, 0.25) is 0 Å². The van der Waals surface area contributed by atoms with Gasteiger partial charge in [0.25, 0.3) is 0 Å². The van der Waals surface area contributed by atoms with E-state index >= 15 is 4.39 Å². The lowest BCUT2D eigenvalue weighted by Gasteiger charge is -2.44. The second-order valence-electron chi connectivity index (χ2n) is 12.1. The van der Waals surface area contributed by atoms with Crippen molar-refractivity contribution in [2.45, 2.75) is 38.1 Å². The first-order valence-electron chi connectivity index (χ1n) is 14.9. The number of anilines is 2. The van der Waals surface area contributed by atoms with Crippen molar-refractivity contribution in [3.8, 4) is 22.8 Å². The number of likely N-dealkylation sites (N-methyl/N-ethyl adjacent to an activating group) is 1. The third-order valence-electron chi connectivity index (χ3n) is 8.34. The second kappa shape index (κ2) is 11.9. The van der Waals surface area contributed by atoms with E-state index in [0.717, 1.165) is 17.6 Å². The van der Waals surface area contributed by atoms with Gasteiger partial charge in [0.15, 0.2) is 0 Å². The number of carbonyl (C=O) groups excluding carboxylic acids is 1. The minimum absolute atomic E-state index is 0.0107. The zero-order chi connectivity index (χ0) is 31.9. The summed E-state index contributed by atoms with van der Waals surface area (Å²) in [7, 11) is -1.95. The molecule has 2 N–H and O–H groups in total. The van der Waals surface area contributed by atoms with Crippen LogP contribution >= 0.6 is 0 Å². The highest BCUT2D eigenvalue weighted by Gasteiger charge is 2.58. The third kappa shape index (κ3) is 6.04. The fourth-order valence-electron chi connectivity index (χ4n) is 6.35. The number of hydrogen-bond donors (Lipinski definition) is 2. The monoisotopic (exact) mass is 633 g/mol. The molecule has 45 heavy (non-hydrogen) atoms. The normalized spacial score (nSPS) is 19.2. The Hall–Kier alpha value is -4.29. The first-order chi connectivity index (χ1) is 21.4. The van der Waals surface area contributed by atoms with E-state index in [1.165, 1.54) is 18.3 Å². The van der Waals surface area contributed by atoms with Gasteiger partial charge in [0.2, 0.25) is 21.8 Å². The number of hydrogen-bond acceptors (Lipinski definition) is 8. The van der Waals surface area contributed by atoms with Crippen molar-refractivity contribution in [1.82, 2.24) is 15.3 Å². The van der Waals surface area contributed by atoms with Crippen LogP contribution in [0.3, 0.4) is 0 Å². The standard InChI is InChI=1S/C33H36FN5O5S/c1-20(2)35-10-11-43-31-28(38-45(4,41)42)12-22(17-37-31)24-13-25-27(14-26(24)34)36-18-29-30(25)33(32(40)39(29)3)15-21(16-33)19-44-23-8-6-5-7-9-23/h5-9,12-14,17-18,20-21,35,38H,10-11,15-16,19H2,1-4H3/t21-,33-. The number of para-hydroxylation sites is 1. The van der Waals surface area contributed by atoms with Gasteiger partial charge in [-0.15, -0.1) is 0 Å². The first kappa shape index (κ1) is 30.7. The molecular formula is C33H36FN5O5S. The van der Waals surface area contributed by atoms with E-state index in [0.29, 0.717) is 48.1 Å². The van der Waals surface area contributed by atoms with Crippen molar-refractivity contribution in [2.75, 3.05) is 42.7 Å². The van der Waals surface area contributed by atoms with E-state index < -0.39 is 21.3 Å². The van der Waals surface area contributed by atoms with Crippen LogP contribution in [-0.2, 0) is 20.2 Å². The highest BCUT2D eigenvalue weighted by Crippen LogP contribution is 2.57. The van der Waals surface area contributed by atoms with Crippen LogP contribution in [0.4, 0.5) is 15.8 Å². The Balaban J connectivity index is 1.35. The molecule has 0 radical (unpaired) electrons. The summed E-state index contributed by atoms with van der Waals surface area (Å²) in [4.78, 5) is 24.2. The molecule has 236 valence electrons. The molecule has 0 bridgehead atoms. The van der Waals surface area contributed by atoms with Gasteiger partial charge in [0.05, 0.1) is 35.7 Å². The number of nitrogens with zero attached hydrogens (tertiary/aromatic N) is 3. The van der Waals surface area contributed by atoms with Crippen molar-refractivity contribution in [3.05, 3.63) is 72.3 Å². The van der Waals surface area contributed by atoms with Crippen LogP contribution in [0.15, 0.2) is 60.9 Å². The minimum Gasteiger partial charge on any atom is -0.493 e. The number of carbonyl (C=O) groups is 1. The average molecular weight is 634 g/mol. The van der Waals surface area contributed by atoms with Crippen molar-refractivity contribution >= 4 is 38.2 Å². The Morgan fingerprint density at radius 2 is 1.84 bits per heavy atom. The van der Waals surface area contributed by atoms with Gasteiger partial charge in [-0.25, -0.2) is 17.8 Å². The maximum atomic E-state index is 15.7. The number of rotatable bonds is 11. The predicted octanol–water partition coefficient (Wildman–Crippen LogP) is 4.89. The number of halogens is 1. The molecule has 1 amide bonds. The Labute approximate surface area is 262 Å². The van der Waals surface area contributed by atoms with E-state index in [4.69, 9.17) is 9.47 Å². The van der Waals surface area contributed by atoms with Crippen LogP contribution in [0.1, 0.15) is 32.3 Å². The second-order valence-corrected chi connectivity index (χ2v) is 13.9. The van der Waals surface area contributed by atoms with Crippen LogP contribution in [-0.4, -0.2) is 63.4 Å². The Kier molecular flexibility index (Phi) is 8.13. The van der Waals surface area contributed by atoms with Gasteiger partial charge in [-0.3, -0.25) is 14.5 Å². The Morgan fingerprint density at radius 1 is 1.09 bits per heavy atom. The summed E-state index contributed by atoms with van der Waals surface area (Å²) in [6, 6.07) is 14.4. The zero-order valence-corrected chi connectivity index (χ0v) is 26.4. The molecule has 1 saturated carbocycles. The zero-order valence-electron chi connectivity index (χ0n) is 25.6. The molecule has 1 fully saturated rings. The summed E-state index contributed by atoms with van der Waals surface area (Å²) in [5, 5.41) is 3.89. The highest BCUT2D eigenvalue weighted by molar-refractivity contribution is 7.92. The maximum absolute atomic E-state index is 15.7. The summed E-state index contributed by atoms with van der Waals surface area (Å²) in [6.07, 6.45) is 5.31. The number of sulfonamides is 1. The van der Waals surface area contributed by atoms with Gasteiger partial charge in [0.1, 0.15) is 23.9 Å². The first-order valence-corrected chi connectivity index (χ1v) is 16.8. The van der Waals surface area contributed by atoms with Gasteiger partial charge in [0, 0.05) is 54.0 Å². The number of ether oxygens (including phenoxy) is 2. The smallest absolute Gasteiger partial charge is 0.238 e. The van der Waals surface area contributed by atoms with E-state index in [-0.39, 0.29) is 41.6 Å². The summed E-state index contributed by atoms with van der Waals surface area (Å²) in [6.45, 7) is 5.29. The topological polar surface area (TPSA) is 123 Å². The third-order valence-corrected chi connectivity index (χ3v) is 8.94. The summed E-state index contributed by atoms with van der Waals surface area (Å²) in [5.74, 6) is 0.483. The summed E-state index contributed by atoms with van der Waals surface area (Å²) in [5.41, 5.74) is 1.86. The molecule has 2 aliphatic rings. The van der Waals surface area contributed by atoms with Crippen molar-refractivity contribution in [2.24, 2.45) is 5.92 Å². The van der Waals surface area contributed by atoms with Gasteiger partial charge in [-0.1, -0.05) is 32.0 Å². The van der Waals surface area contributed by atoms with E-state index in [1.54, 1.807) is 24.2 Å². The van der Waals surface area contributed by atoms with Crippen LogP contribution in [0.25, 0.3) is 22.0 Å². The molecule has 0 saturated heterocycles. The molecule has 4 aromatic rings. The molecule has 2 aromatic heterocycles. The van der Waals surface area contributed by atoms with Crippen molar-refractivity contribution < 1.29 is 27.1 Å². The van der Waals surface area contributed by atoms with E-state index in [9.17, 15) is 13.2 Å². The van der Waals surface area contributed by atoms with Crippen molar-refractivity contribution in [1.29, 1.82) is 0 Å². The molecule has 1 aliphatic carbocycles. The fraction of sp³-hybridized carbons (Fsp3) is 0.364. The predicted molar refractivity (Wildman–Crippen MR) is 172 cm³/mol. The lowest BCUT2D eigenvalue weighted by Crippen LogP contribution is -2.50. The number of nitrogens with one attached hydrogen (secondary N) is 2. The lowest BCUT2D eigenvalue weighted by molar-refractivity contribution is -0.128. The largest absolute Gasteiger partial charge is 0.493 e. The van der Waals surface area contributed by atoms with E-state index in [2.05, 4.69) is 20.0 Å². The Morgan fingerprint density at radius 3 is 2.56 bits per heavy atom. The molecule has 1 aliphatic heterocycles. The molecule has 0 atom stereocenters. The Bertz CT molecular complexity index is 1860. The SMILES string of the molecule is CC(C)NCCOc1ncc(-c2cc3c(cc2F)ncc2c3[C@]3(C[C@@H](COc4ccccc4)C3)C(=O)N2C)cc1NS(C)(=O)=O. The average Bonchev–Trinajstić information content (AvgIpc) is 3.20. The number of aromatic nitrogens is 2. The van der Waals surface area contributed by atoms with Gasteiger partial charge in [-0.2, -0.15) is 0 Å². The van der Waals surface area contributed by atoms with E-state index in [1.807, 2.05) is 44.2 Å². The number of fused-ring (bicyclic) bond motifs is 4. The molecule has 6 rings (SSSR count). The molecule has 2 aromatic carbocycles. The van der Waals surface area contributed by atoms with Gasteiger partial charge < -0.3 is 19.7 Å². The molecule has 0 unspecified atom stereocenters. The number of benzene rings is 2. The molecular weight excluding hydrogens is 597 g/mol. The van der Waals surface area contributed by atoms with Gasteiger partial charge >= 0.3 is 0 Å². The fourth-order valence-corrected chi connectivity index (χ4v) is 6.90. The highest BCUT2D eigenvalue weighted by atomic mass is 32.2. The molecule has 12 heteroatoms. The molecule has 1 spiro atoms. The quantitative estimate of drug-likeness (QED) is 0.224. The molecule has 10 nitrogen and oxygen atoms in total. The van der Waals surface area contributed by atoms with Crippen LogP contribution in [0.5, 0.6) is 11.6 Å². The number of pyridine rings is 2. The van der Waals surface area contributed by atoms with Crippen molar-refractivity contribution in [3.63, 3.8) is 0 Å².